The Morgan fingerprint density at radius 3 is 1.83 bits per heavy atom. The minimum Gasteiger partial charge on any atom is -0.479 e. The van der Waals surface area contributed by atoms with Gasteiger partial charge in [0.25, 0.3) is 0 Å². The van der Waals surface area contributed by atoms with Crippen LogP contribution in [0.2, 0.25) is 0 Å². The molecule has 0 N–H and O–H groups in total. The van der Waals surface area contributed by atoms with Gasteiger partial charge in [-0.2, -0.15) is 0 Å². The molecule has 2 aliphatic rings. The monoisotopic (exact) mass is 165 g/mol. The summed E-state index contributed by atoms with van der Waals surface area (Å²) in [5, 5.41) is 0. The van der Waals surface area contributed by atoms with Gasteiger partial charge in [-0.1, -0.05) is 0 Å². The topological polar surface area (TPSA) is 43.2 Å². The Morgan fingerprint density at radius 2 is 1.50 bits per heavy atom. The van der Waals surface area contributed by atoms with Crippen molar-refractivity contribution in [3.05, 3.63) is 0 Å². The van der Waals surface area contributed by atoms with Crippen LogP contribution in [0.5, 0.6) is 0 Å². The molecule has 0 fully saturated rings. The standard InChI is InChI=1S/C7H10N2O2.B/c1-3-10-6(8-1)5-7-9-2-4-11-7;/h1-5H2;. The van der Waals surface area contributed by atoms with Gasteiger partial charge >= 0.3 is 0 Å². The molecule has 0 saturated heterocycles. The maximum absolute atomic E-state index is 5.20. The van der Waals surface area contributed by atoms with Gasteiger partial charge in [0.05, 0.1) is 19.5 Å². The highest BCUT2D eigenvalue weighted by molar-refractivity contribution is 5.97. The van der Waals surface area contributed by atoms with E-state index >= 15 is 0 Å². The van der Waals surface area contributed by atoms with Crippen molar-refractivity contribution in [3.8, 4) is 0 Å². The van der Waals surface area contributed by atoms with Crippen LogP contribution in [0.15, 0.2) is 9.98 Å². The summed E-state index contributed by atoms with van der Waals surface area (Å²) in [7, 11) is 0. The fourth-order valence-electron chi connectivity index (χ4n) is 1.10. The van der Waals surface area contributed by atoms with Gasteiger partial charge in [0.2, 0.25) is 0 Å². The van der Waals surface area contributed by atoms with Crippen molar-refractivity contribution >= 4 is 20.2 Å². The minimum atomic E-state index is 0. The number of hydrogen-bond donors (Lipinski definition) is 0. The number of rotatable bonds is 2. The van der Waals surface area contributed by atoms with Gasteiger partial charge in [-0.15, -0.1) is 0 Å². The quantitative estimate of drug-likeness (QED) is 0.534. The molecule has 3 radical (unpaired) electrons. The van der Waals surface area contributed by atoms with Crippen LogP contribution in [0.3, 0.4) is 0 Å². The lowest BCUT2D eigenvalue weighted by Gasteiger charge is -2.00. The number of nitrogens with zero attached hydrogens (tertiary/aromatic N) is 2. The van der Waals surface area contributed by atoms with Crippen molar-refractivity contribution in [2.45, 2.75) is 6.42 Å². The van der Waals surface area contributed by atoms with E-state index in [1.165, 1.54) is 0 Å². The molecule has 0 aromatic carbocycles. The van der Waals surface area contributed by atoms with Gasteiger partial charge in [0.15, 0.2) is 11.8 Å². The molecule has 2 rings (SSSR count). The van der Waals surface area contributed by atoms with Crippen molar-refractivity contribution in [2.75, 3.05) is 26.3 Å². The molecular formula is C7H10BN2O2. The van der Waals surface area contributed by atoms with Gasteiger partial charge in [0.1, 0.15) is 13.2 Å². The van der Waals surface area contributed by atoms with E-state index in [9.17, 15) is 0 Å². The lowest BCUT2D eigenvalue weighted by Crippen LogP contribution is -2.08. The van der Waals surface area contributed by atoms with Crippen LogP contribution in [-0.4, -0.2) is 46.5 Å². The third-order valence-electron chi connectivity index (χ3n) is 1.60. The molecule has 5 heteroatoms. The molecule has 0 aromatic heterocycles. The maximum atomic E-state index is 5.20. The van der Waals surface area contributed by atoms with E-state index < -0.39 is 0 Å². The largest absolute Gasteiger partial charge is 0.479 e. The van der Waals surface area contributed by atoms with Crippen molar-refractivity contribution in [1.29, 1.82) is 0 Å². The third-order valence-corrected chi connectivity index (χ3v) is 1.60. The van der Waals surface area contributed by atoms with E-state index in [0.717, 1.165) is 24.9 Å². The minimum absolute atomic E-state index is 0. The molecule has 0 bridgehead atoms. The van der Waals surface area contributed by atoms with Gasteiger partial charge in [-0.05, 0) is 0 Å². The zero-order valence-corrected chi connectivity index (χ0v) is 6.82. The van der Waals surface area contributed by atoms with Gasteiger partial charge < -0.3 is 9.47 Å². The Kier molecular flexibility index (Phi) is 3.14. The first kappa shape index (κ1) is 9.10. The number of ether oxygens (including phenoxy) is 2. The maximum Gasteiger partial charge on any atom is 0.192 e. The molecule has 4 nitrogen and oxygen atoms in total. The zero-order valence-electron chi connectivity index (χ0n) is 6.82. The van der Waals surface area contributed by atoms with Crippen molar-refractivity contribution < 1.29 is 9.47 Å². The average Bonchev–Trinajstić information content (AvgIpc) is 2.60. The van der Waals surface area contributed by atoms with Gasteiger partial charge in [-0.3, -0.25) is 9.98 Å². The second kappa shape index (κ2) is 4.14. The molecule has 0 amide bonds. The van der Waals surface area contributed by atoms with Crippen molar-refractivity contribution in [2.24, 2.45) is 9.98 Å². The van der Waals surface area contributed by atoms with Crippen molar-refractivity contribution in [1.82, 2.24) is 0 Å². The second-order valence-electron chi connectivity index (χ2n) is 2.42. The first-order valence-electron chi connectivity index (χ1n) is 3.77. The Balaban J connectivity index is 0.000000720. The lowest BCUT2D eigenvalue weighted by molar-refractivity contribution is 0.324. The first-order chi connectivity index (χ1) is 5.45. The smallest absolute Gasteiger partial charge is 0.192 e. The summed E-state index contributed by atoms with van der Waals surface area (Å²) in [6.45, 7) is 2.98. The summed E-state index contributed by atoms with van der Waals surface area (Å²) in [6.07, 6.45) is 0.639. The van der Waals surface area contributed by atoms with E-state index in [1.54, 1.807) is 0 Å². The molecule has 0 aromatic rings. The molecule has 0 saturated carbocycles. The molecule has 0 unspecified atom stereocenters. The predicted molar refractivity (Wildman–Crippen MR) is 46.9 cm³/mol. The SMILES string of the molecule is C1COC(CC2=NCCO2)=N1.[B]. The molecule has 0 spiro atoms. The Bertz CT molecular complexity index is 193. The summed E-state index contributed by atoms with van der Waals surface area (Å²) in [4.78, 5) is 8.27. The fourth-order valence-corrected chi connectivity index (χ4v) is 1.10. The predicted octanol–water partition coefficient (Wildman–Crippen LogP) is -0.147. The number of hydrogen-bond acceptors (Lipinski definition) is 4. The number of aliphatic imine (C=N–C) groups is 2. The zero-order chi connectivity index (χ0) is 7.52. The Morgan fingerprint density at radius 1 is 1.00 bits per heavy atom. The summed E-state index contributed by atoms with van der Waals surface area (Å²) in [5.74, 6) is 1.54. The highest BCUT2D eigenvalue weighted by Crippen LogP contribution is 2.04. The molecule has 12 heavy (non-hydrogen) atoms. The fraction of sp³-hybridized carbons (Fsp3) is 0.714. The van der Waals surface area contributed by atoms with Crippen LogP contribution in [0.25, 0.3) is 0 Å². The van der Waals surface area contributed by atoms with Crippen LogP contribution in [-0.2, 0) is 9.47 Å². The third kappa shape index (κ3) is 2.00. The molecule has 0 atom stereocenters. The summed E-state index contributed by atoms with van der Waals surface area (Å²) < 4.78 is 10.4. The van der Waals surface area contributed by atoms with E-state index in [2.05, 4.69) is 9.98 Å². The van der Waals surface area contributed by atoms with Crippen LogP contribution >= 0.6 is 0 Å². The van der Waals surface area contributed by atoms with E-state index in [-0.39, 0.29) is 8.41 Å². The molecule has 2 aliphatic heterocycles. The lowest BCUT2D eigenvalue weighted by atomic mass is 10.4. The highest BCUT2D eigenvalue weighted by atomic mass is 16.5. The molecule has 2 heterocycles. The van der Waals surface area contributed by atoms with E-state index in [1.807, 2.05) is 0 Å². The first-order valence-corrected chi connectivity index (χ1v) is 3.77. The second-order valence-corrected chi connectivity index (χ2v) is 2.42. The van der Waals surface area contributed by atoms with Crippen LogP contribution in [0, 0.1) is 0 Å². The molecule has 63 valence electrons. The molecular weight excluding hydrogens is 155 g/mol. The van der Waals surface area contributed by atoms with Gasteiger partial charge in [0, 0.05) is 8.41 Å². The van der Waals surface area contributed by atoms with Crippen LogP contribution in [0.1, 0.15) is 6.42 Å². The van der Waals surface area contributed by atoms with Crippen LogP contribution in [0.4, 0.5) is 0 Å². The Hall–Kier alpha value is -0.995. The highest BCUT2D eigenvalue weighted by Gasteiger charge is 2.14. The Labute approximate surface area is 73.3 Å². The van der Waals surface area contributed by atoms with Gasteiger partial charge in [-0.25, -0.2) is 0 Å². The summed E-state index contributed by atoms with van der Waals surface area (Å²) in [6, 6.07) is 0. The normalized spacial score (nSPS) is 20.3. The van der Waals surface area contributed by atoms with E-state index in [0.29, 0.717) is 19.6 Å². The summed E-state index contributed by atoms with van der Waals surface area (Å²) >= 11 is 0. The van der Waals surface area contributed by atoms with Crippen molar-refractivity contribution in [3.63, 3.8) is 0 Å². The van der Waals surface area contributed by atoms with E-state index in [4.69, 9.17) is 9.47 Å². The van der Waals surface area contributed by atoms with Crippen LogP contribution < -0.4 is 0 Å². The molecule has 0 aliphatic carbocycles. The summed E-state index contributed by atoms with van der Waals surface area (Å²) in [5.41, 5.74) is 0. The average molecular weight is 165 g/mol.